The highest BCUT2D eigenvalue weighted by molar-refractivity contribution is 5.92. The van der Waals surface area contributed by atoms with Gasteiger partial charge in [-0.05, 0) is 25.2 Å². The number of aromatic nitrogens is 1. The molecule has 2 aromatic rings. The topological polar surface area (TPSA) is 69.8 Å². The highest BCUT2D eigenvalue weighted by Crippen LogP contribution is 2.23. The Morgan fingerprint density at radius 1 is 1.32 bits per heavy atom. The number of benzene rings is 1. The minimum absolute atomic E-state index is 0.228. The second-order valence-corrected chi connectivity index (χ2v) is 4.77. The molecule has 1 fully saturated rings. The van der Waals surface area contributed by atoms with E-state index in [4.69, 9.17) is 9.52 Å². The second kappa shape index (κ2) is 4.55. The van der Waals surface area contributed by atoms with E-state index in [1.807, 2.05) is 0 Å². The lowest BCUT2D eigenvalue weighted by molar-refractivity contribution is 0.0697. The predicted octanol–water partition coefficient (Wildman–Crippen LogP) is 1.28. The Balaban J connectivity index is 1.91. The molecule has 6 heteroatoms. The van der Waals surface area contributed by atoms with Crippen molar-refractivity contribution in [3.05, 3.63) is 23.8 Å². The van der Waals surface area contributed by atoms with E-state index in [9.17, 15) is 4.79 Å². The molecule has 19 heavy (non-hydrogen) atoms. The van der Waals surface area contributed by atoms with E-state index in [2.05, 4.69) is 21.8 Å². The van der Waals surface area contributed by atoms with E-state index in [1.54, 1.807) is 12.1 Å². The van der Waals surface area contributed by atoms with Crippen LogP contribution in [0, 0.1) is 0 Å². The Kier molecular flexibility index (Phi) is 2.87. The Hall–Kier alpha value is -2.08. The molecule has 3 rings (SSSR count). The fraction of sp³-hybridized carbons (Fsp3) is 0.385. The lowest BCUT2D eigenvalue weighted by Gasteiger charge is -2.31. The summed E-state index contributed by atoms with van der Waals surface area (Å²) in [5.74, 6) is -0.953. The van der Waals surface area contributed by atoms with Gasteiger partial charge in [0.1, 0.15) is 5.52 Å². The van der Waals surface area contributed by atoms with E-state index in [-0.39, 0.29) is 5.56 Å². The summed E-state index contributed by atoms with van der Waals surface area (Å²) in [7, 11) is 2.09. The third kappa shape index (κ3) is 2.26. The first-order valence-electron chi connectivity index (χ1n) is 6.21. The van der Waals surface area contributed by atoms with Gasteiger partial charge in [-0.15, -0.1) is 0 Å². The molecule has 0 amide bonds. The van der Waals surface area contributed by atoms with Crippen LogP contribution >= 0.6 is 0 Å². The monoisotopic (exact) mass is 261 g/mol. The summed E-state index contributed by atoms with van der Waals surface area (Å²) in [5.41, 5.74) is 1.44. The number of oxazole rings is 1. The standard InChI is InChI=1S/C13H15N3O3/c1-15-4-6-16(7-5-15)13-14-10-8-9(12(17)18)2-3-11(10)19-13/h2-3,8H,4-7H2,1H3,(H,17,18). The number of hydrogen-bond donors (Lipinski definition) is 1. The fourth-order valence-corrected chi connectivity index (χ4v) is 2.18. The van der Waals surface area contributed by atoms with Gasteiger partial charge in [0.15, 0.2) is 5.58 Å². The van der Waals surface area contributed by atoms with Crippen LogP contribution in [-0.4, -0.2) is 54.2 Å². The second-order valence-electron chi connectivity index (χ2n) is 4.77. The molecule has 6 nitrogen and oxygen atoms in total. The maximum Gasteiger partial charge on any atom is 0.335 e. The zero-order chi connectivity index (χ0) is 13.4. The number of carboxylic acid groups (broad SMARTS) is 1. The zero-order valence-corrected chi connectivity index (χ0v) is 10.7. The fourth-order valence-electron chi connectivity index (χ4n) is 2.18. The Morgan fingerprint density at radius 3 is 2.74 bits per heavy atom. The van der Waals surface area contributed by atoms with E-state index >= 15 is 0 Å². The van der Waals surface area contributed by atoms with Crippen molar-refractivity contribution in [3.8, 4) is 0 Å². The number of rotatable bonds is 2. The van der Waals surface area contributed by atoms with Gasteiger partial charge in [-0.25, -0.2) is 4.79 Å². The molecule has 100 valence electrons. The van der Waals surface area contributed by atoms with Gasteiger partial charge >= 0.3 is 5.97 Å². The van der Waals surface area contributed by atoms with E-state index in [0.29, 0.717) is 17.1 Å². The van der Waals surface area contributed by atoms with Crippen LogP contribution in [0.2, 0.25) is 0 Å². The first-order chi connectivity index (χ1) is 9.13. The average Bonchev–Trinajstić information content (AvgIpc) is 2.82. The molecule has 1 aliphatic heterocycles. The van der Waals surface area contributed by atoms with E-state index in [0.717, 1.165) is 26.2 Å². The van der Waals surface area contributed by atoms with Gasteiger partial charge in [0.25, 0.3) is 6.01 Å². The molecule has 1 N–H and O–H groups in total. The van der Waals surface area contributed by atoms with Crippen molar-refractivity contribution >= 4 is 23.1 Å². The van der Waals surface area contributed by atoms with Gasteiger partial charge in [-0.2, -0.15) is 4.98 Å². The molecule has 0 spiro atoms. The number of carboxylic acids is 1. The minimum Gasteiger partial charge on any atom is -0.478 e. The molecule has 2 heterocycles. The number of nitrogens with zero attached hydrogens (tertiary/aromatic N) is 3. The van der Waals surface area contributed by atoms with Crippen LogP contribution in [0.15, 0.2) is 22.6 Å². The van der Waals surface area contributed by atoms with Gasteiger partial charge in [-0.3, -0.25) is 0 Å². The molecule has 0 bridgehead atoms. The van der Waals surface area contributed by atoms with Crippen molar-refractivity contribution in [3.63, 3.8) is 0 Å². The number of aromatic carboxylic acids is 1. The molecule has 0 unspecified atom stereocenters. The van der Waals surface area contributed by atoms with Gasteiger partial charge in [0.05, 0.1) is 5.56 Å². The highest BCUT2D eigenvalue weighted by atomic mass is 16.4. The lowest BCUT2D eigenvalue weighted by Crippen LogP contribution is -2.44. The van der Waals surface area contributed by atoms with Gasteiger partial charge < -0.3 is 19.3 Å². The van der Waals surface area contributed by atoms with Crippen LogP contribution < -0.4 is 4.90 Å². The summed E-state index contributed by atoms with van der Waals surface area (Å²) in [5, 5.41) is 8.95. The van der Waals surface area contributed by atoms with Crippen molar-refractivity contribution in [2.24, 2.45) is 0 Å². The maximum atomic E-state index is 10.9. The van der Waals surface area contributed by atoms with Crippen molar-refractivity contribution in [1.82, 2.24) is 9.88 Å². The minimum atomic E-state index is -0.953. The third-order valence-corrected chi connectivity index (χ3v) is 3.40. The largest absolute Gasteiger partial charge is 0.478 e. The smallest absolute Gasteiger partial charge is 0.335 e. The molecular formula is C13H15N3O3. The number of fused-ring (bicyclic) bond motifs is 1. The lowest BCUT2D eigenvalue weighted by atomic mass is 10.2. The highest BCUT2D eigenvalue weighted by Gasteiger charge is 2.19. The summed E-state index contributed by atoms with van der Waals surface area (Å²) in [4.78, 5) is 19.6. The predicted molar refractivity (Wildman–Crippen MR) is 70.7 cm³/mol. The van der Waals surface area contributed by atoms with E-state index < -0.39 is 5.97 Å². The van der Waals surface area contributed by atoms with Crippen LogP contribution in [-0.2, 0) is 0 Å². The number of hydrogen-bond acceptors (Lipinski definition) is 5. The molecule has 0 aliphatic carbocycles. The van der Waals surface area contributed by atoms with Crippen LogP contribution in [0.1, 0.15) is 10.4 Å². The number of likely N-dealkylation sites (N-methyl/N-ethyl adjacent to an activating group) is 1. The third-order valence-electron chi connectivity index (χ3n) is 3.40. The Morgan fingerprint density at radius 2 is 2.05 bits per heavy atom. The van der Waals surface area contributed by atoms with Crippen molar-refractivity contribution in [2.45, 2.75) is 0 Å². The first kappa shape index (κ1) is 12.0. The van der Waals surface area contributed by atoms with Crippen molar-refractivity contribution < 1.29 is 14.3 Å². The molecule has 1 aliphatic rings. The van der Waals surface area contributed by atoms with Crippen LogP contribution in [0.4, 0.5) is 6.01 Å². The Labute approximate surface area is 110 Å². The number of anilines is 1. The van der Waals surface area contributed by atoms with E-state index in [1.165, 1.54) is 6.07 Å². The summed E-state index contributed by atoms with van der Waals surface area (Å²) < 4.78 is 5.68. The summed E-state index contributed by atoms with van der Waals surface area (Å²) in [6.07, 6.45) is 0. The average molecular weight is 261 g/mol. The summed E-state index contributed by atoms with van der Waals surface area (Å²) >= 11 is 0. The van der Waals surface area contributed by atoms with Crippen LogP contribution in [0.5, 0.6) is 0 Å². The Bertz CT molecular complexity index is 615. The quantitative estimate of drug-likeness (QED) is 0.878. The van der Waals surface area contributed by atoms with Gasteiger partial charge in [0, 0.05) is 26.2 Å². The normalized spacial score (nSPS) is 17.0. The van der Waals surface area contributed by atoms with Crippen molar-refractivity contribution in [1.29, 1.82) is 0 Å². The molecule has 1 aromatic heterocycles. The molecular weight excluding hydrogens is 246 g/mol. The molecule has 1 aromatic carbocycles. The number of carbonyl (C=O) groups is 1. The van der Waals surface area contributed by atoms with Crippen molar-refractivity contribution in [2.75, 3.05) is 38.1 Å². The SMILES string of the molecule is CN1CCN(c2nc3cc(C(=O)O)ccc3o2)CC1. The summed E-state index contributed by atoms with van der Waals surface area (Å²) in [6, 6.07) is 5.31. The maximum absolute atomic E-state index is 10.9. The van der Waals surface area contributed by atoms with Gasteiger partial charge in [-0.1, -0.05) is 0 Å². The molecule has 0 saturated carbocycles. The number of piperazine rings is 1. The summed E-state index contributed by atoms with van der Waals surface area (Å²) in [6.45, 7) is 3.68. The molecule has 0 radical (unpaired) electrons. The first-order valence-corrected chi connectivity index (χ1v) is 6.21. The molecule has 1 saturated heterocycles. The van der Waals surface area contributed by atoms with Crippen LogP contribution in [0.3, 0.4) is 0 Å². The van der Waals surface area contributed by atoms with Gasteiger partial charge in [0.2, 0.25) is 0 Å². The zero-order valence-electron chi connectivity index (χ0n) is 10.7. The molecule has 0 atom stereocenters. The van der Waals surface area contributed by atoms with Crippen LogP contribution in [0.25, 0.3) is 11.1 Å².